The lowest BCUT2D eigenvalue weighted by Gasteiger charge is -2.13. The van der Waals surface area contributed by atoms with E-state index in [1.54, 1.807) is 26.4 Å². The number of carbonyl (C=O) groups excluding carboxylic acids is 1. The van der Waals surface area contributed by atoms with E-state index in [1.807, 2.05) is 38.1 Å². The van der Waals surface area contributed by atoms with Crippen molar-refractivity contribution in [3.8, 4) is 11.5 Å². The van der Waals surface area contributed by atoms with Gasteiger partial charge in [0.05, 0.1) is 25.6 Å². The number of hydrogen-bond acceptors (Lipinski definition) is 5. The predicted octanol–water partition coefficient (Wildman–Crippen LogP) is 3.08. The van der Waals surface area contributed by atoms with Crippen LogP contribution in [0.4, 0.5) is 11.4 Å². The summed E-state index contributed by atoms with van der Waals surface area (Å²) in [6, 6.07) is 11.2. The molecule has 6 heteroatoms. The highest BCUT2D eigenvalue weighted by Gasteiger charge is 2.09. The molecule has 4 N–H and O–H groups in total. The first-order valence-electron chi connectivity index (χ1n) is 8.59. The minimum Gasteiger partial charge on any atom is -0.493 e. The van der Waals surface area contributed by atoms with Gasteiger partial charge in [0.1, 0.15) is 0 Å². The van der Waals surface area contributed by atoms with Crippen molar-refractivity contribution in [1.82, 2.24) is 5.32 Å². The molecule has 0 aromatic heterocycles. The maximum Gasteiger partial charge on any atom is 0.251 e. The van der Waals surface area contributed by atoms with Crippen LogP contribution in [-0.2, 0) is 6.42 Å². The van der Waals surface area contributed by atoms with E-state index in [4.69, 9.17) is 15.2 Å². The van der Waals surface area contributed by atoms with Crippen LogP contribution in [0.25, 0.3) is 0 Å². The molecule has 0 spiro atoms. The van der Waals surface area contributed by atoms with Gasteiger partial charge in [-0.15, -0.1) is 0 Å². The summed E-state index contributed by atoms with van der Waals surface area (Å²) in [5.74, 6) is 1.30. The molecule has 1 amide bonds. The Morgan fingerprint density at radius 2 is 1.81 bits per heavy atom. The van der Waals surface area contributed by atoms with E-state index in [1.165, 1.54) is 0 Å². The van der Waals surface area contributed by atoms with Crippen molar-refractivity contribution in [3.05, 3.63) is 47.5 Å². The second-order valence-corrected chi connectivity index (χ2v) is 6.30. The molecule has 0 bridgehead atoms. The van der Waals surface area contributed by atoms with Gasteiger partial charge in [-0.2, -0.15) is 0 Å². The van der Waals surface area contributed by atoms with Crippen LogP contribution in [0.3, 0.4) is 0 Å². The van der Waals surface area contributed by atoms with Crippen molar-refractivity contribution in [2.75, 3.05) is 31.8 Å². The first kappa shape index (κ1) is 19.4. The summed E-state index contributed by atoms with van der Waals surface area (Å²) in [6.07, 6.45) is 0.801. The summed E-state index contributed by atoms with van der Waals surface area (Å²) in [5.41, 5.74) is 9.12. The zero-order valence-electron chi connectivity index (χ0n) is 15.8. The molecule has 0 saturated carbocycles. The van der Waals surface area contributed by atoms with Gasteiger partial charge in [-0.1, -0.05) is 6.07 Å². The number of benzene rings is 2. The standard InChI is InChI=1S/C20H27N3O3/c1-13(2)23-20(24)15-6-7-17(16(21)12-15)22-10-9-14-5-8-18(25-3)19(11-14)26-4/h5-8,11-13,22H,9-10,21H2,1-4H3,(H,23,24). The molecule has 140 valence electrons. The monoisotopic (exact) mass is 357 g/mol. The summed E-state index contributed by atoms with van der Waals surface area (Å²) in [5, 5.41) is 6.16. The number of methoxy groups -OCH3 is 2. The van der Waals surface area contributed by atoms with Crippen LogP contribution in [-0.4, -0.2) is 32.7 Å². The van der Waals surface area contributed by atoms with Crippen molar-refractivity contribution in [2.24, 2.45) is 0 Å². The summed E-state index contributed by atoms with van der Waals surface area (Å²) < 4.78 is 10.6. The van der Waals surface area contributed by atoms with Gasteiger partial charge in [0.25, 0.3) is 5.91 Å². The molecule has 0 atom stereocenters. The Bertz CT molecular complexity index is 760. The number of carbonyl (C=O) groups is 1. The third-order valence-corrected chi connectivity index (χ3v) is 3.91. The molecule has 2 rings (SSSR count). The van der Waals surface area contributed by atoms with Gasteiger partial charge in [0.15, 0.2) is 11.5 Å². The van der Waals surface area contributed by atoms with Crippen LogP contribution in [0, 0.1) is 0 Å². The number of nitrogens with one attached hydrogen (secondary N) is 2. The SMILES string of the molecule is COc1ccc(CCNc2ccc(C(=O)NC(C)C)cc2N)cc1OC. The van der Waals surface area contributed by atoms with Crippen molar-refractivity contribution in [3.63, 3.8) is 0 Å². The molecule has 0 aliphatic rings. The fourth-order valence-corrected chi connectivity index (χ4v) is 2.59. The highest BCUT2D eigenvalue weighted by Crippen LogP contribution is 2.28. The molecule has 2 aromatic rings. The Hall–Kier alpha value is -2.89. The van der Waals surface area contributed by atoms with E-state index in [2.05, 4.69) is 10.6 Å². The summed E-state index contributed by atoms with van der Waals surface area (Å²) in [7, 11) is 3.24. The molecule has 0 aliphatic heterocycles. The molecular formula is C20H27N3O3. The normalized spacial score (nSPS) is 10.5. The molecule has 0 saturated heterocycles. The van der Waals surface area contributed by atoms with Crippen LogP contribution >= 0.6 is 0 Å². The smallest absolute Gasteiger partial charge is 0.251 e. The molecule has 0 aliphatic carbocycles. The molecule has 2 aromatic carbocycles. The number of ether oxygens (including phenoxy) is 2. The first-order valence-corrected chi connectivity index (χ1v) is 8.59. The van der Waals surface area contributed by atoms with Gasteiger partial charge in [0.2, 0.25) is 0 Å². The van der Waals surface area contributed by atoms with E-state index in [0.29, 0.717) is 29.3 Å². The highest BCUT2D eigenvalue weighted by molar-refractivity contribution is 5.96. The van der Waals surface area contributed by atoms with E-state index >= 15 is 0 Å². The minimum absolute atomic E-state index is 0.0861. The molecular weight excluding hydrogens is 330 g/mol. The highest BCUT2D eigenvalue weighted by atomic mass is 16.5. The topological polar surface area (TPSA) is 85.6 Å². The Balaban J connectivity index is 1.96. The number of anilines is 2. The minimum atomic E-state index is -0.122. The first-order chi connectivity index (χ1) is 12.4. The second kappa shape index (κ2) is 8.99. The van der Waals surface area contributed by atoms with Crippen molar-refractivity contribution < 1.29 is 14.3 Å². The van der Waals surface area contributed by atoms with Crippen LogP contribution in [0.2, 0.25) is 0 Å². The van der Waals surface area contributed by atoms with Crippen LogP contribution < -0.4 is 25.8 Å². The molecule has 0 fully saturated rings. The summed E-state index contributed by atoms with van der Waals surface area (Å²) in [4.78, 5) is 12.0. The number of amides is 1. The maximum atomic E-state index is 12.0. The van der Waals surface area contributed by atoms with Crippen molar-refractivity contribution in [2.45, 2.75) is 26.3 Å². The van der Waals surface area contributed by atoms with E-state index in [9.17, 15) is 4.79 Å². The number of hydrogen-bond donors (Lipinski definition) is 3. The van der Waals surface area contributed by atoms with Crippen LogP contribution in [0.15, 0.2) is 36.4 Å². The molecule has 6 nitrogen and oxygen atoms in total. The second-order valence-electron chi connectivity index (χ2n) is 6.30. The summed E-state index contributed by atoms with van der Waals surface area (Å²) in [6.45, 7) is 4.55. The van der Waals surface area contributed by atoms with Crippen LogP contribution in [0.5, 0.6) is 11.5 Å². The van der Waals surface area contributed by atoms with Gasteiger partial charge in [-0.25, -0.2) is 0 Å². The van der Waals surface area contributed by atoms with Gasteiger partial charge in [-0.05, 0) is 56.2 Å². The van der Waals surface area contributed by atoms with Gasteiger partial charge >= 0.3 is 0 Å². The fraction of sp³-hybridized carbons (Fsp3) is 0.350. The quantitative estimate of drug-likeness (QED) is 0.632. The molecule has 0 radical (unpaired) electrons. The Morgan fingerprint density at radius 1 is 1.08 bits per heavy atom. The van der Waals surface area contributed by atoms with Crippen LogP contribution in [0.1, 0.15) is 29.8 Å². The Morgan fingerprint density at radius 3 is 2.42 bits per heavy atom. The Labute approximate surface area is 154 Å². The van der Waals surface area contributed by atoms with E-state index in [-0.39, 0.29) is 11.9 Å². The predicted molar refractivity (Wildman–Crippen MR) is 105 cm³/mol. The molecule has 26 heavy (non-hydrogen) atoms. The average Bonchev–Trinajstić information content (AvgIpc) is 2.62. The number of nitrogen functional groups attached to an aromatic ring is 1. The average molecular weight is 357 g/mol. The Kier molecular flexibility index (Phi) is 6.72. The third kappa shape index (κ3) is 5.05. The zero-order valence-corrected chi connectivity index (χ0v) is 15.8. The lowest BCUT2D eigenvalue weighted by atomic mass is 10.1. The van der Waals surface area contributed by atoms with Gasteiger partial charge in [0, 0.05) is 18.2 Å². The third-order valence-electron chi connectivity index (χ3n) is 3.91. The van der Waals surface area contributed by atoms with E-state index in [0.717, 1.165) is 17.7 Å². The summed E-state index contributed by atoms with van der Waals surface area (Å²) >= 11 is 0. The fourth-order valence-electron chi connectivity index (χ4n) is 2.59. The van der Waals surface area contributed by atoms with Crippen molar-refractivity contribution in [1.29, 1.82) is 0 Å². The largest absolute Gasteiger partial charge is 0.493 e. The van der Waals surface area contributed by atoms with Gasteiger partial charge < -0.3 is 25.8 Å². The number of nitrogens with two attached hydrogens (primary N) is 1. The maximum absolute atomic E-state index is 12.0. The van der Waals surface area contributed by atoms with Gasteiger partial charge in [-0.3, -0.25) is 4.79 Å². The molecule has 0 heterocycles. The lowest BCUT2D eigenvalue weighted by molar-refractivity contribution is 0.0943. The molecule has 0 unspecified atom stereocenters. The lowest BCUT2D eigenvalue weighted by Crippen LogP contribution is -2.30. The van der Waals surface area contributed by atoms with Crippen molar-refractivity contribution >= 4 is 17.3 Å². The van der Waals surface area contributed by atoms with E-state index < -0.39 is 0 Å². The zero-order chi connectivity index (χ0) is 19.1. The number of rotatable bonds is 8.